The van der Waals surface area contributed by atoms with E-state index in [9.17, 15) is 0 Å². The van der Waals surface area contributed by atoms with Crippen molar-refractivity contribution in [2.75, 3.05) is 0 Å². The second-order valence-corrected chi connectivity index (χ2v) is 1.13. The first kappa shape index (κ1) is 5.70. The van der Waals surface area contributed by atoms with Crippen molar-refractivity contribution in [2.45, 2.75) is 13.3 Å². The van der Waals surface area contributed by atoms with Crippen molar-refractivity contribution in [3.8, 4) is 0 Å². The molecule has 0 saturated heterocycles. The standard InChI is InChI=1S/C5H10N/c1-3-5(6)4-2/h3H,1,4,6H2,2H3. The van der Waals surface area contributed by atoms with Crippen molar-refractivity contribution in [3.63, 3.8) is 0 Å². The van der Waals surface area contributed by atoms with Gasteiger partial charge in [0.2, 0.25) is 0 Å². The van der Waals surface area contributed by atoms with Gasteiger partial charge in [-0.2, -0.15) is 0 Å². The summed E-state index contributed by atoms with van der Waals surface area (Å²) < 4.78 is 0. The highest BCUT2D eigenvalue weighted by Crippen LogP contribution is 1.92. The van der Waals surface area contributed by atoms with Crippen LogP contribution in [-0.2, 0) is 0 Å². The Morgan fingerprint density at radius 1 is 2.00 bits per heavy atom. The van der Waals surface area contributed by atoms with E-state index in [-0.39, 0.29) is 0 Å². The minimum absolute atomic E-state index is 0.856. The van der Waals surface area contributed by atoms with Crippen LogP contribution >= 0.6 is 0 Å². The predicted octanol–water partition coefficient (Wildman–Crippen LogP) is 1.07. The fourth-order valence-electron chi connectivity index (χ4n) is 0.144. The second kappa shape index (κ2) is 2.91. The van der Waals surface area contributed by atoms with Gasteiger partial charge in [0.1, 0.15) is 0 Å². The fourth-order valence-corrected chi connectivity index (χ4v) is 0.144. The van der Waals surface area contributed by atoms with E-state index in [1.807, 2.05) is 6.92 Å². The number of hydrogen-bond donors (Lipinski definition) is 1. The van der Waals surface area contributed by atoms with Gasteiger partial charge >= 0.3 is 0 Å². The van der Waals surface area contributed by atoms with Gasteiger partial charge in [-0.05, 0) is 6.42 Å². The average Bonchev–Trinajstić information content (AvgIpc) is 1.65. The smallest absolute Gasteiger partial charge is 0.0552 e. The SMILES string of the molecule is C=C[C](N)CC. The molecule has 0 rings (SSSR count). The van der Waals surface area contributed by atoms with Gasteiger partial charge < -0.3 is 5.73 Å². The van der Waals surface area contributed by atoms with Gasteiger partial charge in [0.05, 0.1) is 6.04 Å². The summed E-state index contributed by atoms with van der Waals surface area (Å²) in [5.41, 5.74) is 5.27. The van der Waals surface area contributed by atoms with E-state index in [0.29, 0.717) is 0 Å². The van der Waals surface area contributed by atoms with Crippen molar-refractivity contribution in [1.29, 1.82) is 0 Å². The molecule has 0 aliphatic heterocycles. The van der Waals surface area contributed by atoms with Crippen LogP contribution in [0.25, 0.3) is 0 Å². The highest BCUT2D eigenvalue weighted by molar-refractivity contribution is 4.98. The first-order valence-corrected chi connectivity index (χ1v) is 2.05. The van der Waals surface area contributed by atoms with Crippen LogP contribution in [0.1, 0.15) is 13.3 Å². The molecular weight excluding hydrogens is 74.1 g/mol. The molecule has 1 radical (unpaired) electrons. The zero-order chi connectivity index (χ0) is 4.99. The lowest BCUT2D eigenvalue weighted by atomic mass is 10.2. The third-order valence-electron chi connectivity index (χ3n) is 0.670. The summed E-state index contributed by atoms with van der Waals surface area (Å²) in [6, 6.07) is 0.856. The number of hydrogen-bond acceptors (Lipinski definition) is 1. The van der Waals surface area contributed by atoms with Crippen LogP contribution in [0, 0.1) is 6.04 Å². The molecule has 0 spiro atoms. The molecule has 0 aromatic heterocycles. The Balaban J connectivity index is 2.96. The van der Waals surface area contributed by atoms with Crippen molar-refractivity contribution < 1.29 is 0 Å². The van der Waals surface area contributed by atoms with Crippen LogP contribution < -0.4 is 5.73 Å². The van der Waals surface area contributed by atoms with E-state index in [2.05, 4.69) is 6.58 Å². The van der Waals surface area contributed by atoms with Crippen LogP contribution in [0.5, 0.6) is 0 Å². The van der Waals surface area contributed by atoms with Gasteiger partial charge in [-0.15, -0.1) is 6.58 Å². The largest absolute Gasteiger partial charge is 0.320 e. The third-order valence-corrected chi connectivity index (χ3v) is 0.670. The average molecular weight is 84.1 g/mol. The van der Waals surface area contributed by atoms with Gasteiger partial charge in [-0.25, -0.2) is 0 Å². The molecule has 0 fully saturated rings. The summed E-state index contributed by atoms with van der Waals surface area (Å²) in [6.07, 6.45) is 2.57. The van der Waals surface area contributed by atoms with Gasteiger partial charge in [0.15, 0.2) is 0 Å². The maximum atomic E-state index is 5.27. The molecule has 0 bridgehead atoms. The number of nitrogens with two attached hydrogens (primary N) is 1. The van der Waals surface area contributed by atoms with Crippen molar-refractivity contribution in [1.82, 2.24) is 0 Å². The van der Waals surface area contributed by atoms with E-state index in [4.69, 9.17) is 5.73 Å². The molecule has 0 aliphatic carbocycles. The molecule has 0 saturated carbocycles. The molecule has 0 aliphatic rings. The first-order chi connectivity index (χ1) is 2.81. The Morgan fingerprint density at radius 3 is 2.50 bits per heavy atom. The second-order valence-electron chi connectivity index (χ2n) is 1.13. The van der Waals surface area contributed by atoms with Crippen LogP contribution in [0.4, 0.5) is 0 Å². The van der Waals surface area contributed by atoms with E-state index in [1.165, 1.54) is 0 Å². The zero-order valence-electron chi connectivity index (χ0n) is 4.07. The van der Waals surface area contributed by atoms with Gasteiger partial charge in [-0.3, -0.25) is 0 Å². The van der Waals surface area contributed by atoms with Crippen LogP contribution in [0.3, 0.4) is 0 Å². The Labute approximate surface area is 38.8 Å². The minimum atomic E-state index is 0.856. The van der Waals surface area contributed by atoms with Crippen LogP contribution in [0.15, 0.2) is 12.7 Å². The van der Waals surface area contributed by atoms with E-state index in [1.54, 1.807) is 6.08 Å². The monoisotopic (exact) mass is 84.1 g/mol. The molecular formula is C5H10N. The van der Waals surface area contributed by atoms with Gasteiger partial charge in [-0.1, -0.05) is 13.0 Å². The lowest BCUT2D eigenvalue weighted by Crippen LogP contribution is -2.02. The molecule has 6 heavy (non-hydrogen) atoms. The van der Waals surface area contributed by atoms with Gasteiger partial charge in [0.25, 0.3) is 0 Å². The highest BCUT2D eigenvalue weighted by atomic mass is 14.6. The molecule has 0 atom stereocenters. The predicted molar refractivity (Wildman–Crippen MR) is 27.9 cm³/mol. The van der Waals surface area contributed by atoms with E-state index in [0.717, 1.165) is 12.5 Å². The molecule has 35 valence electrons. The summed E-state index contributed by atoms with van der Waals surface area (Å²) in [4.78, 5) is 0. The third kappa shape index (κ3) is 1.97. The molecule has 1 heteroatoms. The van der Waals surface area contributed by atoms with Gasteiger partial charge in [0, 0.05) is 0 Å². The van der Waals surface area contributed by atoms with E-state index >= 15 is 0 Å². The Bertz CT molecular complexity index is 41.2. The molecule has 1 nitrogen and oxygen atoms in total. The zero-order valence-corrected chi connectivity index (χ0v) is 4.07. The Morgan fingerprint density at radius 2 is 2.50 bits per heavy atom. The normalized spacial score (nSPS) is 9.17. The Hall–Kier alpha value is -0.300. The Kier molecular flexibility index (Phi) is 2.77. The topological polar surface area (TPSA) is 26.0 Å². The molecule has 0 aromatic carbocycles. The molecule has 0 aromatic rings. The maximum Gasteiger partial charge on any atom is 0.0552 e. The molecule has 0 amide bonds. The first-order valence-electron chi connectivity index (χ1n) is 2.05. The quantitative estimate of drug-likeness (QED) is 0.532. The van der Waals surface area contributed by atoms with Crippen molar-refractivity contribution >= 4 is 0 Å². The summed E-state index contributed by atoms with van der Waals surface area (Å²) >= 11 is 0. The van der Waals surface area contributed by atoms with Crippen molar-refractivity contribution in [3.05, 3.63) is 18.7 Å². The molecule has 0 heterocycles. The number of rotatable bonds is 2. The summed E-state index contributed by atoms with van der Waals surface area (Å²) in [7, 11) is 0. The van der Waals surface area contributed by atoms with Crippen LogP contribution in [0.2, 0.25) is 0 Å². The summed E-state index contributed by atoms with van der Waals surface area (Å²) in [5.74, 6) is 0. The molecule has 0 unspecified atom stereocenters. The fraction of sp³-hybridized carbons (Fsp3) is 0.400. The van der Waals surface area contributed by atoms with Crippen molar-refractivity contribution in [2.24, 2.45) is 5.73 Å². The maximum absolute atomic E-state index is 5.27. The lowest BCUT2D eigenvalue weighted by Gasteiger charge is -1.93. The summed E-state index contributed by atoms with van der Waals surface area (Å²) in [6.45, 7) is 5.47. The highest BCUT2D eigenvalue weighted by Gasteiger charge is 1.85. The lowest BCUT2D eigenvalue weighted by molar-refractivity contribution is 0.953. The minimum Gasteiger partial charge on any atom is -0.320 e. The van der Waals surface area contributed by atoms with E-state index < -0.39 is 0 Å². The molecule has 2 N–H and O–H groups in total. The summed E-state index contributed by atoms with van der Waals surface area (Å²) in [5, 5.41) is 0. The van der Waals surface area contributed by atoms with Crippen LogP contribution in [-0.4, -0.2) is 0 Å².